The van der Waals surface area contributed by atoms with E-state index in [4.69, 9.17) is 11.2 Å². The average Bonchev–Trinajstić information content (AvgIpc) is 3.20. The smallest absolute Gasteiger partial charge is 0.408 e. The average molecular weight is 511 g/mol. The van der Waals surface area contributed by atoms with E-state index in [2.05, 4.69) is 21.5 Å². The summed E-state index contributed by atoms with van der Waals surface area (Å²) in [7, 11) is 0. The molecule has 36 heavy (non-hydrogen) atoms. The molecule has 3 N–H and O–H groups in total. The number of nitrogens with one attached hydrogen (secondary N) is 2. The quantitative estimate of drug-likeness (QED) is 0.439. The van der Waals surface area contributed by atoms with E-state index in [-0.39, 0.29) is 31.4 Å². The molecule has 3 amide bonds. The molecule has 3 rings (SSSR count). The van der Waals surface area contributed by atoms with Crippen molar-refractivity contribution >= 4 is 29.7 Å². The minimum absolute atomic E-state index is 0.169. The van der Waals surface area contributed by atoms with E-state index in [1.54, 1.807) is 24.5 Å². The summed E-state index contributed by atoms with van der Waals surface area (Å²) in [5.74, 6) is 1.43. The van der Waals surface area contributed by atoms with Crippen LogP contribution in [0.3, 0.4) is 0 Å². The second-order valence-electron chi connectivity index (χ2n) is 8.83. The molecule has 1 fully saturated rings. The van der Waals surface area contributed by atoms with E-state index in [1.165, 1.54) is 16.7 Å². The van der Waals surface area contributed by atoms with Crippen molar-refractivity contribution in [3.8, 4) is 12.3 Å². The summed E-state index contributed by atoms with van der Waals surface area (Å²) in [6.45, 7) is 3.79. The number of rotatable bonds is 9. The SMILES string of the molecule is C#CCOC(=O)N[C@@H](Cc1ccccc1)[C@H](O)C(=O)N1CSC(C)(C)C1C(=O)NCc1ccncc1. The molecule has 1 aliphatic heterocycles. The van der Waals surface area contributed by atoms with E-state index in [0.717, 1.165) is 11.1 Å². The van der Waals surface area contributed by atoms with E-state index < -0.39 is 34.9 Å². The Balaban J connectivity index is 1.76. The molecule has 1 saturated heterocycles. The number of aromatic nitrogens is 1. The Labute approximate surface area is 215 Å². The van der Waals surface area contributed by atoms with Gasteiger partial charge in [-0.2, -0.15) is 0 Å². The van der Waals surface area contributed by atoms with Crippen molar-refractivity contribution in [1.29, 1.82) is 0 Å². The zero-order valence-corrected chi connectivity index (χ0v) is 21.0. The number of aliphatic hydroxyl groups excluding tert-OH is 1. The Morgan fingerprint density at radius 1 is 1.22 bits per heavy atom. The highest BCUT2D eigenvalue weighted by atomic mass is 32.2. The van der Waals surface area contributed by atoms with Crippen molar-refractivity contribution in [2.45, 2.75) is 49.7 Å². The number of terminal acetylenes is 1. The standard InChI is InChI=1S/C26H30N4O5S/c1-4-14-35-25(34)29-20(15-18-8-6-5-7-9-18)21(31)24(33)30-17-36-26(2,3)22(30)23(32)28-16-19-10-12-27-13-11-19/h1,5-13,20-22,31H,14-17H2,2-3H3,(H,28,32)(H,29,34)/t20-,21-,22?/m0/s1. The minimum atomic E-state index is -1.62. The molecule has 1 aromatic heterocycles. The van der Waals surface area contributed by atoms with E-state index in [1.807, 2.05) is 44.2 Å². The minimum Gasteiger partial charge on any atom is -0.436 e. The number of amides is 3. The van der Waals surface area contributed by atoms with Gasteiger partial charge in [0.2, 0.25) is 5.91 Å². The molecule has 9 nitrogen and oxygen atoms in total. The summed E-state index contributed by atoms with van der Waals surface area (Å²) < 4.78 is 4.29. The summed E-state index contributed by atoms with van der Waals surface area (Å²) in [5, 5.41) is 16.5. The van der Waals surface area contributed by atoms with Crippen LogP contribution in [0.15, 0.2) is 54.9 Å². The molecule has 0 spiro atoms. The predicted octanol–water partition coefficient (Wildman–Crippen LogP) is 1.71. The van der Waals surface area contributed by atoms with Crippen molar-refractivity contribution < 1.29 is 24.2 Å². The third-order valence-electron chi connectivity index (χ3n) is 5.82. The van der Waals surface area contributed by atoms with Crippen LogP contribution in [0.5, 0.6) is 0 Å². The summed E-state index contributed by atoms with van der Waals surface area (Å²) in [5.41, 5.74) is 1.67. The van der Waals surface area contributed by atoms with E-state index in [9.17, 15) is 19.5 Å². The molecule has 1 unspecified atom stereocenters. The molecule has 10 heteroatoms. The van der Waals surface area contributed by atoms with Crippen LogP contribution in [0, 0.1) is 12.3 Å². The number of carbonyl (C=O) groups is 3. The normalized spacial score (nSPS) is 17.9. The zero-order chi connectivity index (χ0) is 26.1. The number of carbonyl (C=O) groups excluding carboxylic acids is 3. The molecule has 0 saturated carbocycles. The first-order chi connectivity index (χ1) is 17.2. The van der Waals surface area contributed by atoms with Crippen molar-refractivity contribution in [3.05, 3.63) is 66.0 Å². The third kappa shape index (κ3) is 6.99. The summed E-state index contributed by atoms with van der Waals surface area (Å²) in [6, 6.07) is 10.9. The van der Waals surface area contributed by atoms with Crippen LogP contribution in [-0.4, -0.2) is 68.3 Å². The molecule has 3 atom stereocenters. The fourth-order valence-corrected chi connectivity index (χ4v) is 5.09. The van der Waals surface area contributed by atoms with Crippen LogP contribution in [-0.2, 0) is 27.3 Å². The molecular formula is C26H30N4O5S. The number of pyridine rings is 1. The maximum Gasteiger partial charge on any atom is 0.408 e. The second kappa shape index (κ2) is 12.4. The van der Waals surface area contributed by atoms with Gasteiger partial charge in [0.15, 0.2) is 12.7 Å². The maximum atomic E-state index is 13.5. The molecule has 0 radical (unpaired) electrons. The Hall–Kier alpha value is -3.55. The zero-order valence-electron chi connectivity index (χ0n) is 20.2. The number of nitrogens with zero attached hydrogens (tertiary/aromatic N) is 2. The first-order valence-corrected chi connectivity index (χ1v) is 12.4. The number of ether oxygens (including phenoxy) is 1. The predicted molar refractivity (Wildman–Crippen MR) is 137 cm³/mol. The fourth-order valence-electron chi connectivity index (χ4n) is 3.95. The largest absolute Gasteiger partial charge is 0.436 e. The Kier molecular flexibility index (Phi) is 9.33. The van der Waals surface area contributed by atoms with Crippen molar-refractivity contribution in [2.24, 2.45) is 0 Å². The van der Waals surface area contributed by atoms with Crippen LogP contribution < -0.4 is 10.6 Å². The van der Waals surface area contributed by atoms with Gasteiger partial charge in [-0.25, -0.2) is 4.79 Å². The first kappa shape index (κ1) is 27.0. The third-order valence-corrected chi connectivity index (χ3v) is 7.19. The summed E-state index contributed by atoms with van der Waals surface area (Å²) in [4.78, 5) is 44.2. The van der Waals surface area contributed by atoms with Gasteiger partial charge in [0.1, 0.15) is 6.04 Å². The topological polar surface area (TPSA) is 121 Å². The molecule has 190 valence electrons. The van der Waals surface area contributed by atoms with Crippen molar-refractivity contribution in [3.63, 3.8) is 0 Å². The van der Waals surface area contributed by atoms with Crippen LogP contribution in [0.4, 0.5) is 4.79 Å². The fraction of sp³-hybridized carbons (Fsp3) is 0.385. The number of hydrogen-bond acceptors (Lipinski definition) is 7. The molecule has 2 aromatic rings. The number of hydrogen-bond donors (Lipinski definition) is 3. The molecule has 1 aliphatic rings. The molecule has 0 aliphatic carbocycles. The van der Waals surface area contributed by atoms with Gasteiger partial charge in [0, 0.05) is 23.7 Å². The maximum absolute atomic E-state index is 13.5. The van der Waals surface area contributed by atoms with Gasteiger partial charge in [0.25, 0.3) is 5.91 Å². The van der Waals surface area contributed by atoms with Crippen LogP contribution in [0.25, 0.3) is 0 Å². The highest BCUT2D eigenvalue weighted by Gasteiger charge is 2.49. The van der Waals surface area contributed by atoms with Crippen molar-refractivity contribution in [1.82, 2.24) is 20.5 Å². The van der Waals surface area contributed by atoms with Gasteiger partial charge in [-0.05, 0) is 43.5 Å². The lowest BCUT2D eigenvalue weighted by molar-refractivity contribution is -0.147. The highest BCUT2D eigenvalue weighted by Crippen LogP contribution is 2.39. The Morgan fingerprint density at radius 3 is 2.58 bits per heavy atom. The number of alkyl carbamates (subject to hydrolysis) is 1. The van der Waals surface area contributed by atoms with Crippen LogP contribution in [0.2, 0.25) is 0 Å². The molecule has 1 aromatic carbocycles. The summed E-state index contributed by atoms with van der Waals surface area (Å²) >= 11 is 1.44. The lowest BCUT2D eigenvalue weighted by atomic mass is 9.97. The lowest BCUT2D eigenvalue weighted by Gasteiger charge is -2.33. The van der Waals surface area contributed by atoms with Gasteiger partial charge in [-0.15, -0.1) is 18.2 Å². The second-order valence-corrected chi connectivity index (χ2v) is 10.4. The van der Waals surface area contributed by atoms with Crippen LogP contribution >= 0.6 is 11.8 Å². The van der Waals surface area contributed by atoms with E-state index >= 15 is 0 Å². The highest BCUT2D eigenvalue weighted by molar-refractivity contribution is 8.00. The van der Waals surface area contributed by atoms with Gasteiger partial charge in [-0.3, -0.25) is 14.6 Å². The Bertz CT molecular complexity index is 1090. The van der Waals surface area contributed by atoms with Crippen LogP contribution in [0.1, 0.15) is 25.0 Å². The monoisotopic (exact) mass is 510 g/mol. The van der Waals surface area contributed by atoms with Gasteiger partial charge >= 0.3 is 6.09 Å². The van der Waals surface area contributed by atoms with Gasteiger partial charge in [0.05, 0.1) is 11.9 Å². The lowest BCUT2D eigenvalue weighted by Crippen LogP contribution is -2.58. The summed E-state index contributed by atoms with van der Waals surface area (Å²) in [6.07, 6.45) is 6.12. The number of thioether (sulfide) groups is 1. The number of benzene rings is 1. The molecule has 2 heterocycles. The molecular weight excluding hydrogens is 480 g/mol. The molecule has 0 bridgehead atoms. The van der Waals surface area contributed by atoms with Crippen molar-refractivity contribution in [2.75, 3.05) is 12.5 Å². The van der Waals surface area contributed by atoms with Gasteiger partial charge in [-0.1, -0.05) is 36.3 Å². The number of aliphatic hydroxyl groups is 1. The van der Waals surface area contributed by atoms with Gasteiger partial charge < -0.3 is 25.4 Å². The first-order valence-electron chi connectivity index (χ1n) is 11.4. The van der Waals surface area contributed by atoms with E-state index in [0.29, 0.717) is 0 Å². The Morgan fingerprint density at radius 2 is 1.92 bits per heavy atom.